The summed E-state index contributed by atoms with van der Waals surface area (Å²) in [5.74, 6) is -0.609. The predicted octanol–water partition coefficient (Wildman–Crippen LogP) is 3.59. The van der Waals surface area contributed by atoms with Crippen molar-refractivity contribution < 1.29 is 22.1 Å². The van der Waals surface area contributed by atoms with E-state index in [1.165, 1.54) is 21.3 Å². The van der Waals surface area contributed by atoms with Gasteiger partial charge in [-0.1, -0.05) is 28.9 Å². The highest BCUT2D eigenvalue weighted by Crippen LogP contribution is 2.26. The Morgan fingerprint density at radius 1 is 1.27 bits per heavy atom. The number of carbonyl (C=O) groups excluding carboxylic acids is 1. The fraction of sp³-hybridized carbons (Fsp3) is 0.318. The number of halogens is 2. The lowest BCUT2D eigenvalue weighted by molar-refractivity contribution is -0.136. The first-order valence-corrected chi connectivity index (χ1v) is 12.1. The average Bonchev–Trinajstić information content (AvgIpc) is 3.27. The minimum absolute atomic E-state index is 0.00441. The molecule has 0 aliphatic carbocycles. The van der Waals surface area contributed by atoms with Gasteiger partial charge in [0.1, 0.15) is 5.82 Å². The Labute approximate surface area is 196 Å². The van der Waals surface area contributed by atoms with E-state index in [9.17, 15) is 17.6 Å². The molecule has 3 aromatic rings. The van der Waals surface area contributed by atoms with E-state index in [2.05, 4.69) is 10.1 Å². The number of sulfonamides is 1. The van der Waals surface area contributed by atoms with Crippen LogP contribution in [0.15, 0.2) is 57.9 Å². The Morgan fingerprint density at radius 2 is 2.03 bits per heavy atom. The van der Waals surface area contributed by atoms with Crippen LogP contribution in [-0.4, -0.2) is 53.8 Å². The molecule has 1 atom stereocenters. The first-order valence-electron chi connectivity index (χ1n) is 10.3. The quantitative estimate of drug-likeness (QED) is 0.521. The summed E-state index contributed by atoms with van der Waals surface area (Å²) in [5, 5.41) is 4.48. The van der Waals surface area contributed by atoms with Gasteiger partial charge in [-0.2, -0.15) is 9.29 Å². The van der Waals surface area contributed by atoms with Crippen molar-refractivity contribution in [3.63, 3.8) is 0 Å². The molecular formula is C22H22ClFN4O4S. The minimum Gasteiger partial charge on any atom is -0.337 e. The smallest absolute Gasteiger partial charge is 0.246 e. The van der Waals surface area contributed by atoms with Crippen molar-refractivity contribution in [3.05, 3.63) is 65.3 Å². The van der Waals surface area contributed by atoms with Gasteiger partial charge < -0.3 is 9.42 Å². The molecule has 0 spiro atoms. The number of rotatable bonds is 6. The SMILES string of the molecule is CN(Cc1nc(-c2cccc(Cl)c2)no1)C(=O)[C@@H]1CCCN(S(=O)(=O)c2ccc(F)cc2)C1. The van der Waals surface area contributed by atoms with Crippen LogP contribution in [0.1, 0.15) is 18.7 Å². The third-order valence-corrected chi connectivity index (χ3v) is 7.60. The first-order chi connectivity index (χ1) is 15.7. The number of hydrogen-bond donors (Lipinski definition) is 0. The van der Waals surface area contributed by atoms with Crippen molar-refractivity contribution in [2.45, 2.75) is 24.3 Å². The predicted molar refractivity (Wildman–Crippen MR) is 119 cm³/mol. The molecule has 1 aliphatic heterocycles. The maximum Gasteiger partial charge on any atom is 0.246 e. The number of carbonyl (C=O) groups is 1. The first kappa shape index (κ1) is 23.3. The lowest BCUT2D eigenvalue weighted by Gasteiger charge is -2.33. The minimum atomic E-state index is -3.82. The summed E-state index contributed by atoms with van der Waals surface area (Å²) in [6, 6.07) is 11.7. The Bertz CT molecular complexity index is 1250. The number of benzene rings is 2. The van der Waals surface area contributed by atoms with Crippen LogP contribution in [0.25, 0.3) is 11.4 Å². The molecule has 1 aromatic heterocycles. The molecule has 0 saturated carbocycles. The van der Waals surface area contributed by atoms with Gasteiger partial charge in [0.25, 0.3) is 0 Å². The number of nitrogens with zero attached hydrogens (tertiary/aromatic N) is 4. The second kappa shape index (κ2) is 9.58. The molecule has 11 heteroatoms. The van der Waals surface area contributed by atoms with Crippen LogP contribution >= 0.6 is 11.6 Å². The summed E-state index contributed by atoms with van der Waals surface area (Å²) in [4.78, 5) is 18.8. The molecule has 0 bridgehead atoms. The molecule has 1 saturated heterocycles. The molecule has 8 nitrogen and oxygen atoms in total. The summed E-state index contributed by atoms with van der Waals surface area (Å²) in [6.07, 6.45) is 1.11. The lowest BCUT2D eigenvalue weighted by atomic mass is 9.98. The Hall–Kier alpha value is -2.82. The molecule has 0 radical (unpaired) electrons. The molecule has 1 fully saturated rings. The number of piperidine rings is 1. The van der Waals surface area contributed by atoms with E-state index in [-0.39, 0.29) is 29.8 Å². The molecule has 174 valence electrons. The monoisotopic (exact) mass is 492 g/mol. The molecule has 0 N–H and O–H groups in total. The Morgan fingerprint density at radius 3 is 2.76 bits per heavy atom. The zero-order chi connectivity index (χ0) is 23.6. The summed E-state index contributed by atoms with van der Waals surface area (Å²) in [6.45, 7) is 0.452. The molecule has 1 amide bonds. The Kier molecular flexibility index (Phi) is 6.78. The second-order valence-electron chi connectivity index (χ2n) is 7.87. The third kappa shape index (κ3) is 5.23. The summed E-state index contributed by atoms with van der Waals surface area (Å²) in [7, 11) is -2.21. The number of hydrogen-bond acceptors (Lipinski definition) is 6. The van der Waals surface area contributed by atoms with E-state index in [0.29, 0.717) is 35.8 Å². The molecule has 2 heterocycles. The van der Waals surface area contributed by atoms with Crippen LogP contribution in [0.3, 0.4) is 0 Å². The van der Waals surface area contributed by atoms with Crippen LogP contribution in [0.5, 0.6) is 0 Å². The lowest BCUT2D eigenvalue weighted by Crippen LogP contribution is -2.45. The molecule has 0 unspecified atom stereocenters. The molecule has 33 heavy (non-hydrogen) atoms. The van der Waals surface area contributed by atoms with E-state index in [1.54, 1.807) is 31.3 Å². The number of amides is 1. The zero-order valence-electron chi connectivity index (χ0n) is 17.8. The highest BCUT2D eigenvalue weighted by molar-refractivity contribution is 7.89. The van der Waals surface area contributed by atoms with E-state index in [0.717, 1.165) is 12.1 Å². The van der Waals surface area contributed by atoms with E-state index < -0.39 is 21.8 Å². The molecular weight excluding hydrogens is 471 g/mol. The fourth-order valence-electron chi connectivity index (χ4n) is 3.77. The van der Waals surface area contributed by atoms with Gasteiger partial charge in [-0.25, -0.2) is 12.8 Å². The highest BCUT2D eigenvalue weighted by atomic mass is 35.5. The van der Waals surface area contributed by atoms with E-state index in [4.69, 9.17) is 16.1 Å². The molecule has 2 aromatic carbocycles. The highest BCUT2D eigenvalue weighted by Gasteiger charge is 2.34. The van der Waals surface area contributed by atoms with Crippen molar-refractivity contribution in [2.24, 2.45) is 5.92 Å². The molecule has 1 aliphatic rings. The van der Waals surface area contributed by atoms with Gasteiger partial charge in [-0.3, -0.25) is 4.79 Å². The normalized spacial score (nSPS) is 17.1. The topological polar surface area (TPSA) is 96.6 Å². The molecule has 4 rings (SSSR count). The van der Waals surface area contributed by atoms with Gasteiger partial charge in [0.2, 0.25) is 27.6 Å². The van der Waals surface area contributed by atoms with Gasteiger partial charge in [0, 0.05) is 30.7 Å². The Balaban J connectivity index is 1.42. The second-order valence-corrected chi connectivity index (χ2v) is 10.2. The average molecular weight is 493 g/mol. The van der Waals surface area contributed by atoms with Gasteiger partial charge in [-0.05, 0) is 49.2 Å². The van der Waals surface area contributed by atoms with Crippen molar-refractivity contribution in [3.8, 4) is 11.4 Å². The standard InChI is InChI=1S/C22H22ClFN4O4S/c1-27(14-20-25-21(26-32-20)15-4-2-6-17(23)12-15)22(29)16-5-3-11-28(13-16)33(30,31)19-9-7-18(24)8-10-19/h2,4,6-10,12,16H,3,5,11,13-14H2,1H3/t16-/m1/s1. The maximum atomic E-state index is 13.2. The largest absolute Gasteiger partial charge is 0.337 e. The van der Waals surface area contributed by atoms with Crippen molar-refractivity contribution in [1.82, 2.24) is 19.3 Å². The van der Waals surface area contributed by atoms with Crippen LogP contribution in [0.4, 0.5) is 4.39 Å². The number of aromatic nitrogens is 2. The zero-order valence-corrected chi connectivity index (χ0v) is 19.4. The van der Waals surface area contributed by atoms with E-state index >= 15 is 0 Å². The van der Waals surface area contributed by atoms with Gasteiger partial charge >= 0.3 is 0 Å². The van der Waals surface area contributed by atoms with Crippen LogP contribution in [-0.2, 0) is 21.4 Å². The van der Waals surface area contributed by atoms with Gasteiger partial charge in [-0.15, -0.1) is 0 Å². The van der Waals surface area contributed by atoms with Crippen molar-refractivity contribution >= 4 is 27.5 Å². The maximum absolute atomic E-state index is 13.2. The summed E-state index contributed by atoms with van der Waals surface area (Å²) >= 11 is 6.00. The fourth-order valence-corrected chi connectivity index (χ4v) is 5.49. The summed E-state index contributed by atoms with van der Waals surface area (Å²) < 4.78 is 45.6. The van der Waals surface area contributed by atoms with Crippen molar-refractivity contribution in [2.75, 3.05) is 20.1 Å². The van der Waals surface area contributed by atoms with Crippen molar-refractivity contribution in [1.29, 1.82) is 0 Å². The van der Waals surface area contributed by atoms with Crippen LogP contribution < -0.4 is 0 Å². The van der Waals surface area contributed by atoms with Gasteiger partial charge in [0.15, 0.2) is 0 Å². The van der Waals surface area contributed by atoms with Gasteiger partial charge in [0.05, 0.1) is 17.4 Å². The third-order valence-electron chi connectivity index (χ3n) is 5.48. The summed E-state index contributed by atoms with van der Waals surface area (Å²) in [5.41, 5.74) is 0.695. The van der Waals surface area contributed by atoms with Crippen LogP contribution in [0, 0.1) is 11.7 Å². The van der Waals surface area contributed by atoms with E-state index in [1.807, 2.05) is 0 Å². The van der Waals surface area contributed by atoms with Crippen LogP contribution in [0.2, 0.25) is 5.02 Å².